The first-order valence-electron chi connectivity index (χ1n) is 10.6. The molecule has 3 aromatic heterocycles. The molecule has 3 N–H and O–H groups in total. The molecule has 0 radical (unpaired) electrons. The van der Waals surface area contributed by atoms with E-state index in [1.165, 1.54) is 6.92 Å². The Morgan fingerprint density at radius 3 is 2.47 bits per heavy atom. The number of pyridine rings is 1. The van der Waals surface area contributed by atoms with E-state index in [1.54, 1.807) is 13.8 Å². The zero-order valence-corrected chi connectivity index (χ0v) is 19.1. The summed E-state index contributed by atoms with van der Waals surface area (Å²) in [5.41, 5.74) is 3.56. The van der Waals surface area contributed by atoms with Gasteiger partial charge in [-0.2, -0.15) is 5.10 Å². The molecular formula is C23H17F4N7O2. The van der Waals surface area contributed by atoms with Crippen LogP contribution in [0.4, 0.5) is 23.4 Å². The standard InChI is InChI=1S/C23H17F4N7O2/c1-8-13(26)6-9-16(20-30-17(18(28)35)14-19(31-20)32-22(36)23(14,2)3)33-34(21(9)29-8)7-10-11(24)4-5-12(25)15(10)27/h4-6H,7H2,1-3H3,(H2,28,35)(H,30,31,32,36). The fraction of sp³-hybridized carbons (Fsp3) is 0.217. The van der Waals surface area contributed by atoms with Crippen LogP contribution in [-0.2, 0) is 16.8 Å². The average Bonchev–Trinajstić information content (AvgIpc) is 3.26. The largest absolute Gasteiger partial charge is 0.364 e. The zero-order chi connectivity index (χ0) is 26.1. The predicted octanol–water partition coefficient (Wildman–Crippen LogP) is 3.13. The SMILES string of the molecule is Cc1nc2c(cc1F)c(-c1nc3c(c(C(N)=O)n1)C(C)(C)C(=O)N3)nn2Cc1c(F)ccc(F)c1F. The van der Waals surface area contributed by atoms with Gasteiger partial charge in [0.1, 0.15) is 28.8 Å². The number of aryl methyl sites for hydroxylation is 1. The van der Waals surface area contributed by atoms with Gasteiger partial charge in [-0.1, -0.05) is 0 Å². The van der Waals surface area contributed by atoms with Gasteiger partial charge < -0.3 is 11.1 Å². The number of nitrogens with one attached hydrogen (secondary N) is 1. The normalized spacial score (nSPS) is 14.2. The molecule has 2 amide bonds. The topological polar surface area (TPSA) is 129 Å². The summed E-state index contributed by atoms with van der Waals surface area (Å²) in [4.78, 5) is 37.3. The van der Waals surface area contributed by atoms with E-state index in [1.807, 2.05) is 0 Å². The van der Waals surface area contributed by atoms with Crippen LogP contribution in [0.25, 0.3) is 22.6 Å². The molecule has 0 bridgehead atoms. The lowest BCUT2D eigenvalue weighted by molar-refractivity contribution is -0.119. The number of halogens is 4. The summed E-state index contributed by atoms with van der Waals surface area (Å²) in [7, 11) is 0. The lowest BCUT2D eigenvalue weighted by Crippen LogP contribution is -2.29. The molecule has 1 aromatic carbocycles. The molecule has 0 unspecified atom stereocenters. The molecule has 1 aliphatic heterocycles. The minimum absolute atomic E-state index is 0.000972. The van der Waals surface area contributed by atoms with Crippen molar-refractivity contribution in [3.8, 4) is 11.5 Å². The van der Waals surface area contributed by atoms with Crippen molar-refractivity contribution in [2.75, 3.05) is 5.32 Å². The number of anilines is 1. The van der Waals surface area contributed by atoms with Crippen LogP contribution in [0.15, 0.2) is 18.2 Å². The molecule has 0 saturated heterocycles. The van der Waals surface area contributed by atoms with Crippen molar-refractivity contribution in [2.24, 2.45) is 5.73 Å². The summed E-state index contributed by atoms with van der Waals surface area (Å²) in [6.07, 6.45) is 0. The number of amides is 2. The van der Waals surface area contributed by atoms with Crippen LogP contribution < -0.4 is 11.1 Å². The van der Waals surface area contributed by atoms with Gasteiger partial charge >= 0.3 is 0 Å². The highest BCUT2D eigenvalue weighted by Crippen LogP contribution is 2.39. The number of primary amides is 1. The van der Waals surface area contributed by atoms with E-state index in [0.29, 0.717) is 6.07 Å². The number of carbonyl (C=O) groups excluding carboxylic acids is 2. The molecule has 9 nitrogen and oxygen atoms in total. The average molecular weight is 499 g/mol. The number of nitrogens with two attached hydrogens (primary N) is 1. The number of fused-ring (bicyclic) bond motifs is 2. The summed E-state index contributed by atoms with van der Waals surface area (Å²) in [6.45, 7) is 3.92. The van der Waals surface area contributed by atoms with Crippen molar-refractivity contribution in [3.63, 3.8) is 0 Å². The molecule has 4 aromatic rings. The monoisotopic (exact) mass is 499 g/mol. The van der Waals surface area contributed by atoms with Gasteiger partial charge in [0.15, 0.2) is 23.1 Å². The number of nitrogens with zero attached hydrogens (tertiary/aromatic N) is 5. The maximum absolute atomic E-state index is 14.5. The van der Waals surface area contributed by atoms with Crippen molar-refractivity contribution in [1.82, 2.24) is 24.7 Å². The molecule has 0 atom stereocenters. The Morgan fingerprint density at radius 1 is 1.08 bits per heavy atom. The van der Waals surface area contributed by atoms with E-state index in [4.69, 9.17) is 5.73 Å². The van der Waals surface area contributed by atoms with Gasteiger partial charge in [-0.05, 0) is 39.0 Å². The first-order chi connectivity index (χ1) is 16.9. The van der Waals surface area contributed by atoms with Gasteiger partial charge in [-0.25, -0.2) is 37.2 Å². The van der Waals surface area contributed by atoms with Gasteiger partial charge in [-0.3, -0.25) is 9.59 Å². The zero-order valence-electron chi connectivity index (χ0n) is 19.1. The van der Waals surface area contributed by atoms with Gasteiger partial charge in [0.05, 0.1) is 23.0 Å². The smallest absolute Gasteiger partial charge is 0.267 e. The lowest BCUT2D eigenvalue weighted by Gasteiger charge is -2.16. The molecular weight excluding hydrogens is 482 g/mol. The van der Waals surface area contributed by atoms with Crippen LogP contribution in [0, 0.1) is 30.2 Å². The van der Waals surface area contributed by atoms with E-state index < -0.39 is 52.6 Å². The van der Waals surface area contributed by atoms with Crippen LogP contribution in [0.5, 0.6) is 0 Å². The number of aromatic nitrogens is 5. The van der Waals surface area contributed by atoms with Gasteiger partial charge in [0.25, 0.3) is 5.91 Å². The van der Waals surface area contributed by atoms with Crippen molar-refractivity contribution in [1.29, 1.82) is 0 Å². The van der Waals surface area contributed by atoms with Crippen LogP contribution in [0.2, 0.25) is 0 Å². The molecule has 0 aliphatic carbocycles. The fourth-order valence-corrected chi connectivity index (χ4v) is 4.11. The molecule has 1 aliphatic rings. The first-order valence-corrected chi connectivity index (χ1v) is 10.6. The third kappa shape index (κ3) is 3.38. The van der Waals surface area contributed by atoms with E-state index in [9.17, 15) is 27.2 Å². The minimum Gasteiger partial charge on any atom is -0.364 e. The Morgan fingerprint density at radius 2 is 1.78 bits per heavy atom. The molecule has 0 saturated carbocycles. The van der Waals surface area contributed by atoms with E-state index >= 15 is 0 Å². The van der Waals surface area contributed by atoms with Crippen molar-refractivity contribution >= 4 is 28.7 Å². The van der Waals surface area contributed by atoms with Crippen LogP contribution in [0.1, 0.15) is 41.2 Å². The lowest BCUT2D eigenvalue weighted by atomic mass is 9.85. The Balaban J connectivity index is 1.76. The highest BCUT2D eigenvalue weighted by atomic mass is 19.2. The molecule has 13 heteroatoms. The van der Waals surface area contributed by atoms with Crippen molar-refractivity contribution in [2.45, 2.75) is 32.7 Å². The Hall–Kier alpha value is -4.42. The fourth-order valence-electron chi connectivity index (χ4n) is 4.11. The summed E-state index contributed by atoms with van der Waals surface area (Å²) in [6, 6.07) is 2.50. The molecule has 0 fully saturated rings. The highest BCUT2D eigenvalue weighted by Gasteiger charge is 2.44. The Kier molecular flexibility index (Phi) is 5.05. The van der Waals surface area contributed by atoms with Crippen molar-refractivity contribution < 1.29 is 27.2 Å². The van der Waals surface area contributed by atoms with Crippen molar-refractivity contribution in [3.05, 3.63) is 64.0 Å². The van der Waals surface area contributed by atoms with Gasteiger partial charge in [-0.15, -0.1) is 0 Å². The second kappa shape index (κ2) is 7.80. The van der Waals surface area contributed by atoms with Gasteiger partial charge in [0, 0.05) is 11.1 Å². The summed E-state index contributed by atoms with van der Waals surface area (Å²) in [5.74, 6) is -5.97. The molecule has 4 heterocycles. The van der Waals surface area contributed by atoms with Crippen LogP contribution >= 0.6 is 0 Å². The molecule has 0 spiro atoms. The van der Waals surface area contributed by atoms with Crippen LogP contribution in [0.3, 0.4) is 0 Å². The Labute approximate surface area is 200 Å². The molecule has 184 valence electrons. The van der Waals surface area contributed by atoms with E-state index in [0.717, 1.165) is 16.8 Å². The number of rotatable bonds is 4. The quantitative estimate of drug-likeness (QED) is 0.328. The maximum Gasteiger partial charge on any atom is 0.267 e. The second-order valence-corrected chi connectivity index (χ2v) is 8.82. The first kappa shape index (κ1) is 23.3. The minimum atomic E-state index is -1.41. The number of carbonyl (C=O) groups is 2. The summed E-state index contributed by atoms with van der Waals surface area (Å²) < 4.78 is 58.0. The predicted molar refractivity (Wildman–Crippen MR) is 119 cm³/mol. The van der Waals surface area contributed by atoms with E-state index in [2.05, 4.69) is 25.4 Å². The number of benzene rings is 1. The summed E-state index contributed by atoms with van der Waals surface area (Å²) >= 11 is 0. The number of hydrogen-bond acceptors (Lipinski definition) is 6. The number of hydrogen-bond donors (Lipinski definition) is 2. The van der Waals surface area contributed by atoms with Crippen LogP contribution in [-0.4, -0.2) is 36.5 Å². The summed E-state index contributed by atoms with van der Waals surface area (Å²) in [5, 5.41) is 6.89. The third-order valence-electron chi connectivity index (χ3n) is 6.08. The van der Waals surface area contributed by atoms with E-state index in [-0.39, 0.29) is 45.3 Å². The molecule has 36 heavy (non-hydrogen) atoms. The second-order valence-electron chi connectivity index (χ2n) is 8.82. The Bertz CT molecular complexity index is 1630. The van der Waals surface area contributed by atoms with Gasteiger partial charge in [0.2, 0.25) is 5.91 Å². The maximum atomic E-state index is 14.5. The highest BCUT2D eigenvalue weighted by molar-refractivity contribution is 6.09. The molecule has 5 rings (SSSR count). The third-order valence-corrected chi connectivity index (χ3v) is 6.08.